The smallest absolute Gasteiger partial charge is 0.128 e. The number of hydrogen-bond acceptors (Lipinski definition) is 1. The van der Waals surface area contributed by atoms with Crippen LogP contribution in [-0.2, 0) is 0 Å². The summed E-state index contributed by atoms with van der Waals surface area (Å²) in [5.74, 6) is -1.20. The van der Waals surface area contributed by atoms with Crippen molar-refractivity contribution in [3.05, 3.63) is 47.3 Å². The number of nitrogens with zero attached hydrogens (tertiary/aromatic N) is 2. The molecule has 0 atom stereocenters. The van der Waals surface area contributed by atoms with Crippen molar-refractivity contribution in [2.24, 2.45) is 0 Å². The van der Waals surface area contributed by atoms with Gasteiger partial charge in [-0.3, -0.25) is 0 Å². The molecule has 2 aromatic rings. The van der Waals surface area contributed by atoms with Crippen LogP contribution in [0.15, 0.2) is 24.3 Å². The number of hydrogen-bond donors (Lipinski definition) is 0. The van der Waals surface area contributed by atoms with Crippen LogP contribution in [0, 0.1) is 25.5 Å². The molecule has 0 fully saturated rings. The highest BCUT2D eigenvalue weighted by Gasteiger charge is 2.06. The van der Waals surface area contributed by atoms with Gasteiger partial charge >= 0.3 is 0 Å². The maximum absolute atomic E-state index is 13.0. The van der Waals surface area contributed by atoms with Crippen LogP contribution in [-0.4, -0.2) is 9.78 Å². The van der Waals surface area contributed by atoms with E-state index < -0.39 is 11.6 Å². The lowest BCUT2D eigenvalue weighted by Gasteiger charge is -2.04. The summed E-state index contributed by atoms with van der Waals surface area (Å²) in [6.07, 6.45) is 0. The van der Waals surface area contributed by atoms with Gasteiger partial charge in [-0.2, -0.15) is 5.10 Å². The third kappa shape index (κ3) is 1.88. The monoisotopic (exact) mass is 208 g/mol. The normalized spacial score (nSPS) is 10.7. The van der Waals surface area contributed by atoms with Crippen LogP contribution >= 0.6 is 0 Å². The Labute approximate surface area is 86.2 Å². The van der Waals surface area contributed by atoms with Gasteiger partial charge in [0.2, 0.25) is 0 Å². The van der Waals surface area contributed by atoms with Gasteiger partial charge in [-0.25, -0.2) is 13.5 Å². The molecule has 0 saturated heterocycles. The molecule has 0 aliphatic heterocycles. The maximum Gasteiger partial charge on any atom is 0.128 e. The van der Waals surface area contributed by atoms with E-state index in [0.717, 1.165) is 17.5 Å². The zero-order valence-electron chi connectivity index (χ0n) is 8.46. The van der Waals surface area contributed by atoms with Crippen LogP contribution in [0.4, 0.5) is 8.78 Å². The van der Waals surface area contributed by atoms with E-state index >= 15 is 0 Å². The minimum absolute atomic E-state index is 0.401. The van der Waals surface area contributed by atoms with Gasteiger partial charge in [-0.15, -0.1) is 0 Å². The van der Waals surface area contributed by atoms with E-state index in [1.807, 2.05) is 19.9 Å². The van der Waals surface area contributed by atoms with Crippen LogP contribution in [0.5, 0.6) is 0 Å². The molecule has 1 aromatic heterocycles. The second-order valence-electron chi connectivity index (χ2n) is 3.47. The number of halogens is 2. The molecule has 0 aliphatic rings. The highest BCUT2D eigenvalue weighted by molar-refractivity contribution is 5.34. The topological polar surface area (TPSA) is 17.8 Å². The molecule has 0 spiro atoms. The first-order valence-corrected chi connectivity index (χ1v) is 4.56. The second kappa shape index (κ2) is 3.46. The molecular weight excluding hydrogens is 198 g/mol. The molecule has 1 heterocycles. The van der Waals surface area contributed by atoms with Gasteiger partial charge in [0.25, 0.3) is 0 Å². The van der Waals surface area contributed by atoms with E-state index in [1.54, 1.807) is 0 Å². The summed E-state index contributed by atoms with van der Waals surface area (Å²) in [7, 11) is 0. The Balaban J connectivity index is 2.58. The van der Waals surface area contributed by atoms with Crippen molar-refractivity contribution in [3.63, 3.8) is 0 Å². The fourth-order valence-corrected chi connectivity index (χ4v) is 1.55. The molecule has 0 unspecified atom stereocenters. The highest BCUT2D eigenvalue weighted by Crippen LogP contribution is 2.14. The lowest BCUT2D eigenvalue weighted by Crippen LogP contribution is -2.00. The standard InChI is InChI=1S/C11H10F2N2/c1-7-3-8(2)15(14-7)11-5-9(12)4-10(13)6-11/h3-6H,1-2H3. The van der Waals surface area contributed by atoms with E-state index in [2.05, 4.69) is 5.10 Å². The average molecular weight is 208 g/mol. The lowest BCUT2D eigenvalue weighted by molar-refractivity contribution is 0.579. The number of rotatable bonds is 1. The Kier molecular flexibility index (Phi) is 2.26. The van der Waals surface area contributed by atoms with Crippen LogP contribution in [0.3, 0.4) is 0 Å². The van der Waals surface area contributed by atoms with Gasteiger partial charge in [0, 0.05) is 11.8 Å². The second-order valence-corrected chi connectivity index (χ2v) is 3.47. The summed E-state index contributed by atoms with van der Waals surface area (Å²) in [5.41, 5.74) is 2.06. The van der Waals surface area contributed by atoms with E-state index in [0.29, 0.717) is 5.69 Å². The zero-order valence-corrected chi connectivity index (χ0v) is 8.46. The molecule has 78 valence electrons. The van der Waals surface area contributed by atoms with Gasteiger partial charge < -0.3 is 0 Å². The number of aromatic nitrogens is 2. The van der Waals surface area contributed by atoms with Gasteiger partial charge in [0.15, 0.2) is 0 Å². The van der Waals surface area contributed by atoms with Crippen molar-refractivity contribution < 1.29 is 8.78 Å². The van der Waals surface area contributed by atoms with Crippen LogP contribution in [0.25, 0.3) is 5.69 Å². The van der Waals surface area contributed by atoms with Crippen molar-refractivity contribution >= 4 is 0 Å². The minimum atomic E-state index is -0.599. The number of benzene rings is 1. The summed E-state index contributed by atoms with van der Waals surface area (Å²) in [6.45, 7) is 3.67. The predicted molar refractivity (Wildman–Crippen MR) is 53.0 cm³/mol. The van der Waals surface area contributed by atoms with Crippen LogP contribution in [0.1, 0.15) is 11.4 Å². The highest BCUT2D eigenvalue weighted by atomic mass is 19.1. The first-order chi connectivity index (χ1) is 7.06. The maximum atomic E-state index is 13.0. The summed E-state index contributed by atoms with van der Waals surface area (Å²) >= 11 is 0. The summed E-state index contributed by atoms with van der Waals surface area (Å²) in [5, 5.41) is 4.15. The molecule has 2 rings (SSSR count). The Morgan fingerprint density at radius 2 is 1.60 bits per heavy atom. The molecule has 0 amide bonds. The number of aryl methyl sites for hydroxylation is 2. The molecule has 1 aromatic carbocycles. The van der Waals surface area contributed by atoms with E-state index in [4.69, 9.17) is 0 Å². The molecule has 15 heavy (non-hydrogen) atoms. The van der Waals surface area contributed by atoms with Crippen molar-refractivity contribution in [2.75, 3.05) is 0 Å². The van der Waals surface area contributed by atoms with Crippen molar-refractivity contribution in [1.82, 2.24) is 9.78 Å². The summed E-state index contributed by atoms with van der Waals surface area (Å²) < 4.78 is 27.5. The minimum Gasteiger partial charge on any atom is -0.238 e. The first-order valence-electron chi connectivity index (χ1n) is 4.56. The predicted octanol–water partition coefficient (Wildman–Crippen LogP) is 2.77. The van der Waals surface area contributed by atoms with E-state index in [9.17, 15) is 8.78 Å². The summed E-state index contributed by atoms with van der Waals surface area (Å²) in [4.78, 5) is 0. The van der Waals surface area contributed by atoms with Gasteiger partial charge in [-0.05, 0) is 32.0 Å². The SMILES string of the molecule is Cc1cc(C)n(-c2cc(F)cc(F)c2)n1. The van der Waals surface area contributed by atoms with Gasteiger partial charge in [0.05, 0.1) is 11.4 Å². The Hall–Kier alpha value is -1.71. The van der Waals surface area contributed by atoms with Crippen LogP contribution < -0.4 is 0 Å². The molecule has 4 heteroatoms. The third-order valence-corrected chi connectivity index (χ3v) is 2.10. The Bertz CT molecular complexity index is 483. The average Bonchev–Trinajstić information content (AvgIpc) is 2.43. The molecule has 2 nitrogen and oxygen atoms in total. The lowest BCUT2D eigenvalue weighted by atomic mass is 10.3. The quantitative estimate of drug-likeness (QED) is 0.704. The van der Waals surface area contributed by atoms with E-state index in [-0.39, 0.29) is 0 Å². The van der Waals surface area contributed by atoms with Gasteiger partial charge in [0.1, 0.15) is 11.6 Å². The fraction of sp³-hybridized carbons (Fsp3) is 0.182. The zero-order chi connectivity index (χ0) is 11.0. The molecule has 0 radical (unpaired) electrons. The Morgan fingerprint density at radius 3 is 2.07 bits per heavy atom. The summed E-state index contributed by atoms with van der Waals surface area (Å²) in [6, 6.07) is 5.20. The molecule has 0 aliphatic carbocycles. The molecule has 0 N–H and O–H groups in total. The first kappa shape index (κ1) is 9.83. The van der Waals surface area contributed by atoms with Crippen molar-refractivity contribution in [2.45, 2.75) is 13.8 Å². The van der Waals surface area contributed by atoms with Crippen molar-refractivity contribution in [3.8, 4) is 5.69 Å². The molecule has 0 bridgehead atoms. The molecule has 0 saturated carbocycles. The van der Waals surface area contributed by atoms with Gasteiger partial charge in [-0.1, -0.05) is 0 Å². The van der Waals surface area contributed by atoms with Crippen molar-refractivity contribution in [1.29, 1.82) is 0 Å². The Morgan fingerprint density at radius 1 is 1.00 bits per heavy atom. The largest absolute Gasteiger partial charge is 0.238 e. The molecular formula is C11H10F2N2. The van der Waals surface area contributed by atoms with E-state index in [1.165, 1.54) is 16.8 Å². The third-order valence-electron chi connectivity index (χ3n) is 2.10. The van der Waals surface area contributed by atoms with Crippen LogP contribution in [0.2, 0.25) is 0 Å². The fourth-order valence-electron chi connectivity index (χ4n) is 1.55.